The Balaban J connectivity index is 1.86. The van der Waals surface area contributed by atoms with Gasteiger partial charge in [0.2, 0.25) is 0 Å². The third kappa shape index (κ3) is 4.68. The third-order valence-electron chi connectivity index (χ3n) is 4.46. The standard InChI is InChI=1S/C20H25N5OS/c1-16-6-4-5-7-18(16)14-23(2)15-25-20(27)24(12-13-26-3)19(22-25)17-8-10-21-11-9-17/h4-11H,12-15H2,1-3H3. The lowest BCUT2D eigenvalue weighted by molar-refractivity contribution is 0.186. The number of methoxy groups -OCH3 is 1. The molecule has 0 aliphatic rings. The zero-order valence-electron chi connectivity index (χ0n) is 16.0. The van der Waals surface area contributed by atoms with Crippen molar-refractivity contribution < 1.29 is 4.74 Å². The maximum atomic E-state index is 5.70. The number of nitrogens with zero attached hydrogens (tertiary/aromatic N) is 5. The fraction of sp³-hybridized carbons (Fsp3) is 0.350. The third-order valence-corrected chi connectivity index (χ3v) is 4.89. The highest BCUT2D eigenvalue weighted by atomic mass is 32.1. The van der Waals surface area contributed by atoms with Crippen LogP contribution in [0.1, 0.15) is 11.1 Å². The molecule has 1 aromatic carbocycles. The Hall–Kier alpha value is -2.35. The summed E-state index contributed by atoms with van der Waals surface area (Å²) >= 11 is 5.70. The molecule has 7 heteroatoms. The summed E-state index contributed by atoms with van der Waals surface area (Å²) < 4.78 is 9.84. The number of hydrogen-bond donors (Lipinski definition) is 0. The molecule has 2 heterocycles. The molecule has 3 rings (SSSR count). The topological polar surface area (TPSA) is 48.1 Å². The second-order valence-electron chi connectivity index (χ2n) is 6.57. The molecule has 3 aromatic rings. The first-order chi connectivity index (χ1) is 13.1. The van der Waals surface area contributed by atoms with Crippen molar-refractivity contribution in [3.63, 3.8) is 0 Å². The normalized spacial score (nSPS) is 11.3. The monoisotopic (exact) mass is 383 g/mol. The molecular weight excluding hydrogens is 358 g/mol. The molecule has 142 valence electrons. The van der Waals surface area contributed by atoms with Gasteiger partial charge in [0, 0.05) is 31.6 Å². The summed E-state index contributed by atoms with van der Waals surface area (Å²) in [6.07, 6.45) is 3.53. The Morgan fingerprint density at radius 2 is 1.89 bits per heavy atom. The molecule has 0 saturated carbocycles. The first-order valence-corrected chi connectivity index (χ1v) is 9.31. The number of benzene rings is 1. The Labute approximate surface area is 165 Å². The van der Waals surface area contributed by atoms with Crippen LogP contribution in [0, 0.1) is 11.7 Å². The maximum Gasteiger partial charge on any atom is 0.199 e. The average Bonchev–Trinajstić information content (AvgIpc) is 2.98. The van der Waals surface area contributed by atoms with Gasteiger partial charge in [0.15, 0.2) is 10.6 Å². The molecule has 0 aliphatic carbocycles. The van der Waals surface area contributed by atoms with E-state index in [2.05, 4.69) is 48.1 Å². The summed E-state index contributed by atoms with van der Waals surface area (Å²) in [6.45, 7) is 4.83. The van der Waals surface area contributed by atoms with Gasteiger partial charge in [-0.2, -0.15) is 5.10 Å². The molecule has 0 spiro atoms. The van der Waals surface area contributed by atoms with E-state index in [0.29, 0.717) is 24.6 Å². The van der Waals surface area contributed by atoms with Crippen LogP contribution < -0.4 is 0 Å². The van der Waals surface area contributed by atoms with Gasteiger partial charge in [-0.25, -0.2) is 4.68 Å². The number of ether oxygens (including phenoxy) is 1. The van der Waals surface area contributed by atoms with Crippen LogP contribution in [0.25, 0.3) is 11.4 Å². The van der Waals surface area contributed by atoms with Crippen LogP contribution in [0.15, 0.2) is 48.8 Å². The van der Waals surface area contributed by atoms with Gasteiger partial charge in [0.25, 0.3) is 0 Å². The Bertz CT molecular complexity index is 935. The lowest BCUT2D eigenvalue weighted by atomic mass is 10.1. The van der Waals surface area contributed by atoms with Gasteiger partial charge in [-0.15, -0.1) is 0 Å². The van der Waals surface area contributed by atoms with Gasteiger partial charge >= 0.3 is 0 Å². The highest BCUT2D eigenvalue weighted by Crippen LogP contribution is 2.18. The van der Waals surface area contributed by atoms with Gasteiger partial charge in [0.05, 0.1) is 19.8 Å². The average molecular weight is 384 g/mol. The quantitative estimate of drug-likeness (QED) is 0.557. The Morgan fingerprint density at radius 3 is 2.59 bits per heavy atom. The first kappa shape index (κ1) is 19.4. The number of aryl methyl sites for hydroxylation is 1. The molecule has 2 aromatic heterocycles. The predicted octanol–water partition coefficient (Wildman–Crippen LogP) is 3.52. The number of pyridine rings is 1. The molecule has 0 atom stereocenters. The molecule has 0 bridgehead atoms. The van der Waals surface area contributed by atoms with Crippen LogP contribution in [-0.2, 0) is 24.5 Å². The van der Waals surface area contributed by atoms with Crippen molar-refractivity contribution in [3.05, 3.63) is 64.7 Å². The zero-order valence-corrected chi connectivity index (χ0v) is 16.8. The second kappa shape index (κ2) is 9.03. The number of hydrogen-bond acceptors (Lipinski definition) is 5. The molecule has 0 amide bonds. The number of aromatic nitrogens is 4. The van der Waals surface area contributed by atoms with Crippen LogP contribution in [0.2, 0.25) is 0 Å². The van der Waals surface area contributed by atoms with Gasteiger partial charge < -0.3 is 4.74 Å². The fourth-order valence-corrected chi connectivity index (χ4v) is 3.27. The largest absolute Gasteiger partial charge is 0.383 e. The lowest BCUT2D eigenvalue weighted by Crippen LogP contribution is -2.23. The second-order valence-corrected chi connectivity index (χ2v) is 6.93. The van der Waals surface area contributed by atoms with E-state index in [1.54, 1.807) is 19.5 Å². The predicted molar refractivity (Wildman–Crippen MR) is 109 cm³/mol. The molecule has 6 nitrogen and oxygen atoms in total. The van der Waals surface area contributed by atoms with Crippen LogP contribution in [0.3, 0.4) is 0 Å². The molecule has 0 fully saturated rings. The van der Waals surface area contributed by atoms with E-state index in [1.807, 2.05) is 21.4 Å². The van der Waals surface area contributed by atoms with Gasteiger partial charge in [-0.1, -0.05) is 24.3 Å². The van der Waals surface area contributed by atoms with Crippen molar-refractivity contribution in [1.82, 2.24) is 24.2 Å². The first-order valence-electron chi connectivity index (χ1n) is 8.90. The van der Waals surface area contributed by atoms with E-state index in [4.69, 9.17) is 22.1 Å². The van der Waals surface area contributed by atoms with Gasteiger partial charge in [0.1, 0.15) is 0 Å². The van der Waals surface area contributed by atoms with Gasteiger partial charge in [-0.05, 0) is 49.4 Å². The molecular formula is C20H25N5OS. The van der Waals surface area contributed by atoms with E-state index < -0.39 is 0 Å². The molecule has 0 saturated heterocycles. The fourth-order valence-electron chi connectivity index (χ4n) is 2.99. The van der Waals surface area contributed by atoms with Crippen LogP contribution in [-0.4, -0.2) is 45.0 Å². The minimum Gasteiger partial charge on any atom is -0.383 e. The summed E-state index contributed by atoms with van der Waals surface area (Å²) in [5.74, 6) is 0.837. The number of rotatable bonds is 8. The Morgan fingerprint density at radius 1 is 1.15 bits per heavy atom. The van der Waals surface area contributed by atoms with Crippen molar-refractivity contribution in [1.29, 1.82) is 0 Å². The highest BCUT2D eigenvalue weighted by Gasteiger charge is 2.14. The van der Waals surface area contributed by atoms with Gasteiger partial charge in [-0.3, -0.25) is 14.5 Å². The molecule has 27 heavy (non-hydrogen) atoms. The van der Waals surface area contributed by atoms with E-state index in [-0.39, 0.29) is 0 Å². The maximum absolute atomic E-state index is 5.70. The van der Waals surface area contributed by atoms with Crippen molar-refractivity contribution in [2.45, 2.75) is 26.7 Å². The summed E-state index contributed by atoms with van der Waals surface area (Å²) in [6, 6.07) is 12.3. The molecule has 0 N–H and O–H groups in total. The van der Waals surface area contributed by atoms with Crippen molar-refractivity contribution in [2.24, 2.45) is 0 Å². The van der Waals surface area contributed by atoms with E-state index in [9.17, 15) is 0 Å². The van der Waals surface area contributed by atoms with Crippen molar-refractivity contribution >= 4 is 12.2 Å². The lowest BCUT2D eigenvalue weighted by Gasteiger charge is -2.17. The smallest absolute Gasteiger partial charge is 0.199 e. The van der Waals surface area contributed by atoms with E-state index in [1.165, 1.54) is 11.1 Å². The summed E-state index contributed by atoms with van der Waals surface area (Å²) in [4.78, 5) is 6.30. The molecule has 0 unspecified atom stereocenters. The summed E-state index contributed by atoms with van der Waals surface area (Å²) in [5.41, 5.74) is 3.59. The minimum atomic E-state index is 0.580. The van der Waals surface area contributed by atoms with Crippen LogP contribution in [0.4, 0.5) is 0 Å². The van der Waals surface area contributed by atoms with Crippen LogP contribution >= 0.6 is 12.2 Å². The summed E-state index contributed by atoms with van der Waals surface area (Å²) in [5, 5.41) is 4.79. The van der Waals surface area contributed by atoms with Crippen molar-refractivity contribution in [3.8, 4) is 11.4 Å². The van der Waals surface area contributed by atoms with E-state index in [0.717, 1.165) is 17.9 Å². The highest BCUT2D eigenvalue weighted by molar-refractivity contribution is 7.71. The summed E-state index contributed by atoms with van der Waals surface area (Å²) in [7, 11) is 3.77. The molecule has 0 aliphatic heterocycles. The van der Waals surface area contributed by atoms with E-state index >= 15 is 0 Å². The molecule has 0 radical (unpaired) electrons. The minimum absolute atomic E-state index is 0.580. The van der Waals surface area contributed by atoms with Crippen molar-refractivity contribution in [2.75, 3.05) is 20.8 Å². The zero-order chi connectivity index (χ0) is 19.2. The van der Waals surface area contributed by atoms with Crippen LogP contribution in [0.5, 0.6) is 0 Å². The SMILES string of the molecule is COCCn1c(-c2ccncc2)nn(CN(C)Cc2ccccc2C)c1=S. The Kier molecular flexibility index (Phi) is 6.49.